The first-order chi connectivity index (χ1) is 13.0. The van der Waals surface area contributed by atoms with Gasteiger partial charge in [-0.3, -0.25) is 14.8 Å². The molecular formula is C19H36N4O4. The highest BCUT2D eigenvalue weighted by atomic mass is 16.5. The van der Waals surface area contributed by atoms with Crippen molar-refractivity contribution in [2.45, 2.75) is 71.3 Å². The number of amides is 3. The molecule has 0 aromatic heterocycles. The number of hydroxylamine groups is 1. The number of hydrogen-bond donors (Lipinski definition) is 4. The summed E-state index contributed by atoms with van der Waals surface area (Å²) in [5.74, 6) is -1.16. The molecule has 8 heteroatoms. The topological polar surface area (TPSA) is 111 Å². The summed E-state index contributed by atoms with van der Waals surface area (Å²) in [5.41, 5.74) is 1.63. The van der Waals surface area contributed by atoms with Gasteiger partial charge in [0.25, 0.3) is 0 Å². The molecule has 2 atom stereocenters. The maximum atomic E-state index is 13.1. The molecule has 0 bridgehead atoms. The maximum Gasteiger partial charge on any atom is 0.318 e. The van der Waals surface area contributed by atoms with E-state index < -0.39 is 17.9 Å². The number of ketones is 1. The molecule has 1 rings (SSSR count). The monoisotopic (exact) mass is 384 g/mol. The lowest BCUT2D eigenvalue weighted by molar-refractivity contribution is -0.136. The molecule has 156 valence electrons. The van der Waals surface area contributed by atoms with Gasteiger partial charge in [-0.15, -0.1) is 0 Å². The van der Waals surface area contributed by atoms with Crippen LogP contribution in [0.1, 0.15) is 65.2 Å². The van der Waals surface area contributed by atoms with Crippen molar-refractivity contribution in [3.63, 3.8) is 0 Å². The zero-order valence-electron chi connectivity index (χ0n) is 16.8. The average Bonchev–Trinajstić information content (AvgIpc) is 2.69. The van der Waals surface area contributed by atoms with Crippen LogP contribution < -0.4 is 16.1 Å². The van der Waals surface area contributed by atoms with Crippen LogP contribution in [0.4, 0.5) is 4.79 Å². The third kappa shape index (κ3) is 8.26. The number of nitrogens with one attached hydrogen (secondary N) is 3. The van der Waals surface area contributed by atoms with Crippen LogP contribution in [0, 0.1) is 5.92 Å². The van der Waals surface area contributed by atoms with Crippen molar-refractivity contribution < 1.29 is 19.6 Å². The number of carbonyl (C=O) groups is 3. The fourth-order valence-corrected chi connectivity index (χ4v) is 3.51. The maximum absolute atomic E-state index is 13.1. The number of Topliss-reactive ketones (excluding diaryl/α,β-unsaturated/α-hetero) is 1. The molecule has 0 unspecified atom stereocenters. The van der Waals surface area contributed by atoms with Gasteiger partial charge in [0, 0.05) is 38.5 Å². The van der Waals surface area contributed by atoms with Crippen molar-refractivity contribution in [1.29, 1.82) is 0 Å². The summed E-state index contributed by atoms with van der Waals surface area (Å²) in [4.78, 5) is 38.6. The minimum atomic E-state index is -0.582. The van der Waals surface area contributed by atoms with E-state index in [-0.39, 0.29) is 18.2 Å². The first-order valence-corrected chi connectivity index (χ1v) is 10.3. The molecule has 8 nitrogen and oxygen atoms in total. The van der Waals surface area contributed by atoms with E-state index in [9.17, 15) is 14.4 Å². The van der Waals surface area contributed by atoms with E-state index in [0.29, 0.717) is 32.6 Å². The number of rotatable bonds is 12. The average molecular weight is 385 g/mol. The molecule has 0 radical (unpaired) electrons. The summed E-state index contributed by atoms with van der Waals surface area (Å²) in [6.07, 6.45) is 7.13. The molecule has 0 spiro atoms. The lowest BCUT2D eigenvalue weighted by Gasteiger charge is -2.36. The van der Waals surface area contributed by atoms with Crippen LogP contribution in [-0.2, 0) is 9.59 Å². The summed E-state index contributed by atoms with van der Waals surface area (Å²) in [5, 5.41) is 14.8. The van der Waals surface area contributed by atoms with E-state index >= 15 is 0 Å². The van der Waals surface area contributed by atoms with Crippen LogP contribution in [0.15, 0.2) is 0 Å². The Labute approximate surface area is 162 Å². The predicted octanol–water partition coefficient (Wildman–Crippen LogP) is 1.82. The zero-order valence-corrected chi connectivity index (χ0v) is 16.8. The second-order valence-electron chi connectivity index (χ2n) is 7.14. The van der Waals surface area contributed by atoms with E-state index in [0.717, 1.165) is 19.3 Å². The zero-order chi connectivity index (χ0) is 20.1. The van der Waals surface area contributed by atoms with Crippen LogP contribution >= 0.6 is 0 Å². The highest BCUT2D eigenvalue weighted by Gasteiger charge is 2.36. The van der Waals surface area contributed by atoms with Crippen molar-refractivity contribution in [1.82, 2.24) is 21.0 Å². The van der Waals surface area contributed by atoms with Gasteiger partial charge in [-0.05, 0) is 13.3 Å². The number of hydrogen-bond acceptors (Lipinski definition) is 5. The van der Waals surface area contributed by atoms with E-state index in [4.69, 9.17) is 5.21 Å². The Hall–Kier alpha value is -1.67. The van der Waals surface area contributed by atoms with Gasteiger partial charge in [-0.25, -0.2) is 10.3 Å². The van der Waals surface area contributed by atoms with E-state index in [1.165, 1.54) is 19.3 Å². The molecule has 27 heavy (non-hydrogen) atoms. The smallest absolute Gasteiger partial charge is 0.318 e. The Morgan fingerprint density at radius 3 is 2.52 bits per heavy atom. The number of unbranched alkanes of at least 4 members (excludes halogenated alkanes) is 5. The van der Waals surface area contributed by atoms with Crippen LogP contribution in [-0.4, -0.2) is 60.0 Å². The van der Waals surface area contributed by atoms with Crippen molar-refractivity contribution >= 4 is 17.7 Å². The normalized spacial score (nSPS) is 18.0. The molecule has 1 aliphatic rings. The largest absolute Gasteiger partial charge is 0.338 e. The van der Waals surface area contributed by atoms with Crippen LogP contribution in [0.3, 0.4) is 0 Å². The predicted molar refractivity (Wildman–Crippen MR) is 103 cm³/mol. The fraction of sp³-hybridized carbons (Fsp3) is 0.842. The molecule has 0 aromatic carbocycles. The van der Waals surface area contributed by atoms with Crippen molar-refractivity contribution in [3.05, 3.63) is 0 Å². The van der Waals surface area contributed by atoms with Crippen molar-refractivity contribution in [3.8, 4) is 0 Å². The Morgan fingerprint density at radius 1 is 1.15 bits per heavy atom. The Morgan fingerprint density at radius 2 is 1.85 bits per heavy atom. The van der Waals surface area contributed by atoms with E-state index in [2.05, 4.69) is 17.6 Å². The molecular weight excluding hydrogens is 348 g/mol. The highest BCUT2D eigenvalue weighted by Crippen LogP contribution is 2.21. The summed E-state index contributed by atoms with van der Waals surface area (Å²) < 4.78 is 0. The first kappa shape index (κ1) is 23.4. The molecule has 0 aliphatic carbocycles. The molecule has 1 heterocycles. The Balaban J connectivity index is 2.71. The number of piperazine rings is 1. The Bertz CT molecular complexity index is 473. The van der Waals surface area contributed by atoms with E-state index in [1.54, 1.807) is 10.4 Å². The van der Waals surface area contributed by atoms with Crippen molar-refractivity contribution in [2.75, 3.05) is 26.2 Å². The molecule has 4 N–H and O–H groups in total. The fourth-order valence-electron chi connectivity index (χ4n) is 3.51. The van der Waals surface area contributed by atoms with E-state index in [1.807, 2.05) is 6.92 Å². The van der Waals surface area contributed by atoms with Gasteiger partial charge in [-0.1, -0.05) is 45.4 Å². The third-order valence-electron chi connectivity index (χ3n) is 5.03. The summed E-state index contributed by atoms with van der Waals surface area (Å²) in [6, 6.07) is -0.829. The second-order valence-corrected chi connectivity index (χ2v) is 7.14. The molecule has 0 saturated carbocycles. The number of carbonyl (C=O) groups excluding carboxylic acids is 3. The molecule has 0 aromatic rings. The molecule has 3 amide bonds. The number of urea groups is 1. The van der Waals surface area contributed by atoms with Gasteiger partial charge in [0.1, 0.15) is 6.04 Å². The van der Waals surface area contributed by atoms with Gasteiger partial charge < -0.3 is 15.5 Å². The summed E-state index contributed by atoms with van der Waals surface area (Å²) >= 11 is 0. The molecule has 1 saturated heterocycles. The molecule has 1 aliphatic heterocycles. The quantitative estimate of drug-likeness (QED) is 0.233. The second kappa shape index (κ2) is 13.5. The van der Waals surface area contributed by atoms with Gasteiger partial charge in [0.05, 0.1) is 0 Å². The van der Waals surface area contributed by atoms with Gasteiger partial charge in [-0.2, -0.15) is 0 Å². The van der Waals surface area contributed by atoms with Gasteiger partial charge in [0.15, 0.2) is 5.78 Å². The lowest BCUT2D eigenvalue weighted by atomic mass is 9.88. The van der Waals surface area contributed by atoms with Crippen molar-refractivity contribution in [2.24, 2.45) is 5.92 Å². The highest BCUT2D eigenvalue weighted by molar-refractivity contribution is 5.93. The minimum Gasteiger partial charge on any atom is -0.338 e. The van der Waals surface area contributed by atoms with Crippen LogP contribution in [0.25, 0.3) is 0 Å². The summed E-state index contributed by atoms with van der Waals surface area (Å²) in [7, 11) is 0. The number of nitrogens with zero attached hydrogens (tertiary/aromatic N) is 1. The standard InChI is InChI=1S/C19H36N4O4/c1-3-5-6-7-8-9-10-15(13-17(24)22-27)18(25)16-14-20-11-12-23(16)19(26)21-4-2/h15-16,20,27H,3-14H2,1-2H3,(H,21,26)(H,22,24)/t15-,16+/m1/s1. The SMILES string of the molecule is CCCCCCCC[C@H](CC(=O)NO)C(=O)[C@@H]1CNCCN1C(=O)NCC. The van der Waals surface area contributed by atoms with Gasteiger partial charge >= 0.3 is 6.03 Å². The van der Waals surface area contributed by atoms with Crippen LogP contribution in [0.5, 0.6) is 0 Å². The first-order valence-electron chi connectivity index (χ1n) is 10.3. The van der Waals surface area contributed by atoms with Crippen LogP contribution in [0.2, 0.25) is 0 Å². The third-order valence-corrected chi connectivity index (χ3v) is 5.03. The Kier molecular flexibility index (Phi) is 11.7. The molecule has 1 fully saturated rings. The van der Waals surface area contributed by atoms with Gasteiger partial charge in [0.2, 0.25) is 5.91 Å². The minimum absolute atomic E-state index is 0.0516. The lowest BCUT2D eigenvalue weighted by Crippen LogP contribution is -2.60. The summed E-state index contributed by atoms with van der Waals surface area (Å²) in [6.45, 7) is 5.99.